The first-order chi connectivity index (χ1) is 15.7. The molecule has 1 aromatic heterocycles. The minimum atomic E-state index is -3.57. The molecule has 0 aliphatic rings. The summed E-state index contributed by atoms with van der Waals surface area (Å²) in [5.74, 6) is 0.229. The fourth-order valence-corrected chi connectivity index (χ4v) is 5.31. The van der Waals surface area contributed by atoms with Crippen molar-refractivity contribution in [1.82, 2.24) is 4.57 Å². The Hall–Kier alpha value is -2.31. The van der Waals surface area contributed by atoms with Gasteiger partial charge in [0.05, 0.1) is 25.8 Å². The summed E-state index contributed by atoms with van der Waals surface area (Å²) >= 11 is 6.18. The van der Waals surface area contributed by atoms with E-state index in [0.29, 0.717) is 23.7 Å². The van der Waals surface area contributed by atoms with E-state index in [2.05, 4.69) is 11.5 Å². The quantitative estimate of drug-likeness (QED) is 0.276. The number of ether oxygens (including phenoxy) is 1. The highest BCUT2D eigenvalue weighted by molar-refractivity contribution is 7.52. The zero-order chi connectivity index (χ0) is 24.0. The SMILES string of the molecule is CCOP(=O)(O)CCCOc1ccc2c(c1)c(CC(N)=O)c(CC)n2Cc1cccc(Cl)c1. The minimum Gasteiger partial charge on any atom is -0.494 e. The maximum Gasteiger partial charge on any atom is 0.328 e. The number of carbonyl (C=O) groups is 1. The Kier molecular flexibility index (Phi) is 8.60. The van der Waals surface area contributed by atoms with Gasteiger partial charge in [0.1, 0.15) is 5.75 Å². The van der Waals surface area contributed by atoms with E-state index >= 15 is 0 Å². The van der Waals surface area contributed by atoms with Crippen LogP contribution in [0.4, 0.5) is 0 Å². The van der Waals surface area contributed by atoms with Crippen molar-refractivity contribution in [2.45, 2.75) is 39.7 Å². The highest BCUT2D eigenvalue weighted by Crippen LogP contribution is 2.42. The number of nitrogens with zero attached hydrogens (tertiary/aromatic N) is 1. The smallest absolute Gasteiger partial charge is 0.328 e. The first kappa shape index (κ1) is 25.3. The molecular formula is C24H30ClN2O5P. The maximum atomic E-state index is 11.8. The second kappa shape index (κ2) is 11.2. The van der Waals surface area contributed by atoms with E-state index in [0.717, 1.165) is 34.1 Å². The van der Waals surface area contributed by atoms with E-state index in [1.54, 1.807) is 6.92 Å². The number of hydrogen-bond acceptors (Lipinski definition) is 4. The largest absolute Gasteiger partial charge is 0.494 e. The van der Waals surface area contributed by atoms with Gasteiger partial charge >= 0.3 is 7.60 Å². The monoisotopic (exact) mass is 492 g/mol. The molecule has 178 valence electrons. The molecule has 3 aromatic rings. The number of carbonyl (C=O) groups excluding carboxylic acids is 1. The number of nitrogens with two attached hydrogens (primary N) is 1. The van der Waals surface area contributed by atoms with Gasteiger partial charge in [-0.1, -0.05) is 30.7 Å². The van der Waals surface area contributed by atoms with Crippen molar-refractivity contribution in [3.8, 4) is 5.75 Å². The van der Waals surface area contributed by atoms with Crippen LogP contribution in [0.1, 0.15) is 37.1 Å². The fraction of sp³-hybridized carbons (Fsp3) is 0.375. The molecule has 1 unspecified atom stereocenters. The van der Waals surface area contributed by atoms with E-state index in [9.17, 15) is 14.3 Å². The van der Waals surface area contributed by atoms with Gasteiger partial charge in [0, 0.05) is 28.2 Å². The van der Waals surface area contributed by atoms with E-state index in [-0.39, 0.29) is 25.8 Å². The van der Waals surface area contributed by atoms with Crippen LogP contribution in [0.3, 0.4) is 0 Å². The highest BCUT2D eigenvalue weighted by Gasteiger charge is 2.20. The van der Waals surface area contributed by atoms with E-state index in [1.807, 2.05) is 42.5 Å². The Morgan fingerprint density at radius 1 is 1.21 bits per heavy atom. The lowest BCUT2D eigenvalue weighted by Crippen LogP contribution is -2.15. The summed E-state index contributed by atoms with van der Waals surface area (Å²) < 4.78 is 24.7. The average Bonchev–Trinajstić information content (AvgIpc) is 3.02. The Morgan fingerprint density at radius 3 is 2.67 bits per heavy atom. The number of benzene rings is 2. The zero-order valence-electron chi connectivity index (χ0n) is 18.9. The second-order valence-corrected chi connectivity index (χ2v) is 10.2. The number of primary amides is 1. The van der Waals surface area contributed by atoms with Crippen LogP contribution in [0, 0.1) is 0 Å². The van der Waals surface area contributed by atoms with Crippen molar-refractivity contribution in [2.75, 3.05) is 19.4 Å². The molecule has 7 nitrogen and oxygen atoms in total. The molecule has 0 bridgehead atoms. The van der Waals surface area contributed by atoms with Crippen molar-refractivity contribution in [2.24, 2.45) is 5.73 Å². The molecule has 3 N–H and O–H groups in total. The Morgan fingerprint density at radius 2 is 2.00 bits per heavy atom. The van der Waals surface area contributed by atoms with Crippen LogP contribution >= 0.6 is 19.2 Å². The topological polar surface area (TPSA) is 104 Å². The summed E-state index contributed by atoms with van der Waals surface area (Å²) in [6.45, 7) is 4.82. The van der Waals surface area contributed by atoms with Gasteiger partial charge in [-0.3, -0.25) is 9.36 Å². The van der Waals surface area contributed by atoms with Crippen molar-refractivity contribution >= 4 is 36.0 Å². The summed E-state index contributed by atoms with van der Waals surface area (Å²) in [6, 6.07) is 13.4. The van der Waals surface area contributed by atoms with Crippen LogP contribution < -0.4 is 10.5 Å². The van der Waals surface area contributed by atoms with Crippen LogP contribution in [0.5, 0.6) is 5.75 Å². The normalized spacial score (nSPS) is 13.2. The van der Waals surface area contributed by atoms with E-state index in [1.165, 1.54) is 0 Å². The summed E-state index contributed by atoms with van der Waals surface area (Å²) in [6.07, 6.45) is 1.28. The summed E-state index contributed by atoms with van der Waals surface area (Å²) in [5, 5.41) is 1.58. The summed E-state index contributed by atoms with van der Waals surface area (Å²) in [7, 11) is -3.57. The molecule has 0 saturated heterocycles. The lowest BCUT2D eigenvalue weighted by Gasteiger charge is -2.12. The van der Waals surface area contributed by atoms with Gasteiger partial charge in [0.15, 0.2) is 0 Å². The van der Waals surface area contributed by atoms with Crippen molar-refractivity contribution in [3.05, 3.63) is 64.3 Å². The maximum absolute atomic E-state index is 11.8. The molecule has 9 heteroatoms. The third kappa shape index (κ3) is 6.61. The predicted octanol–water partition coefficient (Wildman–Crippen LogP) is 4.92. The molecule has 1 heterocycles. The second-order valence-electron chi connectivity index (χ2n) is 7.80. The molecular weight excluding hydrogens is 463 g/mol. The molecule has 3 rings (SSSR count). The number of amides is 1. The van der Waals surface area contributed by atoms with Crippen LogP contribution in [0.2, 0.25) is 5.02 Å². The van der Waals surface area contributed by atoms with Crippen molar-refractivity contribution < 1.29 is 23.5 Å². The number of rotatable bonds is 12. The Balaban J connectivity index is 1.89. The molecule has 1 atom stereocenters. The minimum absolute atomic E-state index is 0.0337. The third-order valence-corrected chi connectivity index (χ3v) is 7.14. The van der Waals surface area contributed by atoms with Gasteiger partial charge in [-0.15, -0.1) is 0 Å². The summed E-state index contributed by atoms with van der Waals surface area (Å²) in [5.41, 5.74) is 9.53. The molecule has 1 amide bonds. The van der Waals surface area contributed by atoms with Crippen LogP contribution in [-0.2, 0) is 33.3 Å². The lowest BCUT2D eigenvalue weighted by atomic mass is 10.1. The van der Waals surface area contributed by atoms with Gasteiger partial charge < -0.3 is 24.5 Å². The van der Waals surface area contributed by atoms with Crippen LogP contribution in [0.15, 0.2) is 42.5 Å². The van der Waals surface area contributed by atoms with E-state index in [4.69, 9.17) is 26.6 Å². The molecule has 0 spiro atoms. The predicted molar refractivity (Wildman–Crippen MR) is 131 cm³/mol. The molecule has 0 saturated carbocycles. The van der Waals surface area contributed by atoms with Gasteiger partial charge in [0.25, 0.3) is 0 Å². The summed E-state index contributed by atoms with van der Waals surface area (Å²) in [4.78, 5) is 21.5. The van der Waals surface area contributed by atoms with Gasteiger partial charge in [-0.25, -0.2) is 0 Å². The Labute approximate surface area is 199 Å². The lowest BCUT2D eigenvalue weighted by molar-refractivity contribution is -0.117. The molecule has 0 aliphatic heterocycles. The first-order valence-corrected chi connectivity index (χ1v) is 13.1. The van der Waals surface area contributed by atoms with Crippen molar-refractivity contribution in [1.29, 1.82) is 0 Å². The van der Waals surface area contributed by atoms with Gasteiger partial charge in [0.2, 0.25) is 5.91 Å². The standard InChI is InChI=1S/C24H30ClN2O5P/c1-3-22-21(15-24(26)28)20-14-19(31-11-6-12-33(29,30)32-4-2)9-10-23(20)27(22)16-17-7-5-8-18(25)13-17/h5,7-10,13-14H,3-4,6,11-12,15-16H2,1-2H3,(H2,26,28)(H,29,30). The number of halogens is 1. The number of hydrogen-bond donors (Lipinski definition) is 2. The van der Waals surface area contributed by atoms with E-state index < -0.39 is 13.5 Å². The van der Waals surface area contributed by atoms with Crippen LogP contribution in [0.25, 0.3) is 10.9 Å². The molecule has 2 aromatic carbocycles. The number of aromatic nitrogens is 1. The van der Waals surface area contributed by atoms with Crippen molar-refractivity contribution in [3.63, 3.8) is 0 Å². The molecule has 33 heavy (non-hydrogen) atoms. The van der Waals surface area contributed by atoms with Gasteiger partial charge in [-0.05, 0) is 61.2 Å². The molecule has 0 fully saturated rings. The Bertz CT molecular complexity index is 1180. The third-order valence-electron chi connectivity index (χ3n) is 5.36. The molecule has 0 radical (unpaired) electrons. The van der Waals surface area contributed by atoms with Gasteiger partial charge in [-0.2, -0.15) is 0 Å². The first-order valence-electron chi connectivity index (χ1n) is 11.0. The highest BCUT2D eigenvalue weighted by atomic mass is 35.5. The van der Waals surface area contributed by atoms with Crippen LogP contribution in [-0.4, -0.2) is 34.7 Å². The molecule has 0 aliphatic carbocycles. The fourth-order valence-electron chi connectivity index (χ4n) is 4.04. The zero-order valence-corrected chi connectivity index (χ0v) is 20.6. The number of fused-ring (bicyclic) bond motifs is 1. The average molecular weight is 493 g/mol.